The molecule has 3 aromatic rings. The normalized spacial score (nSPS) is 10.2. The van der Waals surface area contributed by atoms with Gasteiger partial charge in [-0.05, 0) is 48.5 Å². The van der Waals surface area contributed by atoms with Crippen molar-refractivity contribution in [3.63, 3.8) is 0 Å². The number of carbonyl (C=O) groups excluding carboxylic acids is 2. The topological polar surface area (TPSA) is 80.3 Å². The molecule has 28 heavy (non-hydrogen) atoms. The Morgan fingerprint density at radius 1 is 1.04 bits per heavy atom. The molecule has 6 nitrogen and oxygen atoms in total. The zero-order valence-corrected chi connectivity index (χ0v) is 15.5. The van der Waals surface area contributed by atoms with Crippen LogP contribution in [0.1, 0.15) is 20.7 Å². The third-order valence-electron chi connectivity index (χ3n) is 3.79. The second kappa shape index (κ2) is 8.49. The average Bonchev–Trinajstić information content (AvgIpc) is 2.69. The van der Waals surface area contributed by atoms with Gasteiger partial charge in [-0.3, -0.25) is 4.79 Å². The number of pyridine rings is 1. The second-order valence-electron chi connectivity index (χ2n) is 5.68. The van der Waals surface area contributed by atoms with Crippen molar-refractivity contribution in [1.82, 2.24) is 4.98 Å². The van der Waals surface area contributed by atoms with E-state index in [0.29, 0.717) is 17.1 Å². The Morgan fingerprint density at radius 3 is 2.36 bits per heavy atom. The smallest absolute Gasteiger partial charge is 0.337 e. The molecule has 2 N–H and O–H groups in total. The van der Waals surface area contributed by atoms with Gasteiger partial charge in [0, 0.05) is 5.69 Å². The molecule has 0 saturated carbocycles. The van der Waals surface area contributed by atoms with Crippen LogP contribution in [0.4, 0.5) is 21.6 Å². The van der Waals surface area contributed by atoms with Gasteiger partial charge in [0.25, 0.3) is 5.91 Å². The number of rotatable bonds is 5. The van der Waals surface area contributed by atoms with Gasteiger partial charge in [-0.1, -0.05) is 17.7 Å². The molecule has 0 fully saturated rings. The Morgan fingerprint density at radius 2 is 1.75 bits per heavy atom. The van der Waals surface area contributed by atoms with Crippen LogP contribution in [-0.4, -0.2) is 24.0 Å². The number of nitrogens with one attached hydrogen (secondary N) is 2. The lowest BCUT2D eigenvalue weighted by Gasteiger charge is -2.09. The molecule has 8 heteroatoms. The molecule has 1 heterocycles. The minimum Gasteiger partial charge on any atom is -0.465 e. The Labute approximate surface area is 165 Å². The number of esters is 1. The summed E-state index contributed by atoms with van der Waals surface area (Å²) >= 11 is 5.89. The van der Waals surface area contributed by atoms with Gasteiger partial charge in [0.1, 0.15) is 11.6 Å². The van der Waals surface area contributed by atoms with Gasteiger partial charge in [0.05, 0.1) is 35.1 Å². The minimum absolute atomic E-state index is 0.0270. The maximum atomic E-state index is 13.8. The molecular weight excluding hydrogens is 385 g/mol. The second-order valence-corrected chi connectivity index (χ2v) is 6.08. The number of amides is 1. The number of carbonyl (C=O) groups is 2. The highest BCUT2D eigenvalue weighted by Crippen LogP contribution is 2.21. The van der Waals surface area contributed by atoms with Crippen molar-refractivity contribution in [2.75, 3.05) is 17.7 Å². The molecule has 0 atom stereocenters. The average molecular weight is 400 g/mol. The fraction of sp³-hybridized carbons (Fsp3) is 0.0500. The lowest BCUT2D eigenvalue weighted by molar-refractivity contribution is 0.0600. The summed E-state index contributed by atoms with van der Waals surface area (Å²) in [6.45, 7) is 0. The van der Waals surface area contributed by atoms with Crippen LogP contribution in [0.3, 0.4) is 0 Å². The summed E-state index contributed by atoms with van der Waals surface area (Å²) in [6.07, 6.45) is 1.43. The van der Waals surface area contributed by atoms with Gasteiger partial charge in [0.15, 0.2) is 0 Å². The van der Waals surface area contributed by atoms with Crippen molar-refractivity contribution in [3.05, 3.63) is 82.8 Å². The quantitative estimate of drug-likeness (QED) is 0.610. The summed E-state index contributed by atoms with van der Waals surface area (Å²) in [5.74, 6) is -1.26. The van der Waals surface area contributed by atoms with Gasteiger partial charge < -0.3 is 15.4 Å². The van der Waals surface area contributed by atoms with Gasteiger partial charge >= 0.3 is 5.97 Å². The number of ether oxygens (including phenoxy) is 1. The van der Waals surface area contributed by atoms with Crippen LogP contribution in [-0.2, 0) is 4.74 Å². The predicted octanol–water partition coefficient (Wildman–Crippen LogP) is 4.66. The molecule has 3 rings (SSSR count). The van der Waals surface area contributed by atoms with Crippen molar-refractivity contribution in [2.45, 2.75) is 0 Å². The van der Waals surface area contributed by atoms with E-state index < -0.39 is 17.7 Å². The summed E-state index contributed by atoms with van der Waals surface area (Å²) in [5.41, 5.74) is 1.31. The molecule has 0 aliphatic rings. The fourth-order valence-corrected chi connectivity index (χ4v) is 2.65. The van der Waals surface area contributed by atoms with E-state index in [1.54, 1.807) is 36.4 Å². The standard InChI is InChI=1S/C20H15ClFN3O3/c1-28-20(27)12-5-7-13(8-6-12)24-17-10-9-14(11-23-17)25-19(26)18-15(21)3-2-4-16(18)22/h2-11H,1H3,(H,23,24)(H,25,26). The summed E-state index contributed by atoms with van der Waals surface area (Å²) in [5, 5.41) is 5.64. The number of nitrogens with zero attached hydrogens (tertiary/aromatic N) is 1. The predicted molar refractivity (Wildman–Crippen MR) is 105 cm³/mol. The summed E-state index contributed by atoms with van der Waals surface area (Å²) in [7, 11) is 1.32. The minimum atomic E-state index is -0.702. The largest absolute Gasteiger partial charge is 0.465 e. The summed E-state index contributed by atoms with van der Waals surface area (Å²) < 4.78 is 18.5. The molecule has 2 aromatic carbocycles. The maximum Gasteiger partial charge on any atom is 0.337 e. The van der Waals surface area contributed by atoms with E-state index in [9.17, 15) is 14.0 Å². The highest BCUT2D eigenvalue weighted by molar-refractivity contribution is 6.34. The molecule has 0 aliphatic heterocycles. The lowest BCUT2D eigenvalue weighted by Crippen LogP contribution is -2.14. The van der Waals surface area contributed by atoms with E-state index in [0.717, 1.165) is 11.8 Å². The third-order valence-corrected chi connectivity index (χ3v) is 4.10. The van der Waals surface area contributed by atoms with E-state index in [1.807, 2.05) is 0 Å². The summed E-state index contributed by atoms with van der Waals surface area (Å²) in [6, 6.07) is 14.0. The van der Waals surface area contributed by atoms with Crippen LogP contribution < -0.4 is 10.6 Å². The van der Waals surface area contributed by atoms with Crippen LogP contribution in [0, 0.1) is 5.82 Å². The Kier molecular flexibility index (Phi) is 5.86. The number of benzene rings is 2. The molecule has 0 spiro atoms. The van der Waals surface area contributed by atoms with E-state index >= 15 is 0 Å². The Bertz CT molecular complexity index is 988. The number of hydrogen-bond acceptors (Lipinski definition) is 5. The SMILES string of the molecule is COC(=O)c1ccc(Nc2ccc(NC(=O)c3c(F)cccc3Cl)cn2)cc1. The first kappa shape index (κ1) is 19.3. The third kappa shape index (κ3) is 4.44. The molecule has 0 radical (unpaired) electrons. The van der Waals surface area contributed by atoms with Crippen LogP contribution in [0.15, 0.2) is 60.8 Å². The van der Waals surface area contributed by atoms with Crippen molar-refractivity contribution >= 4 is 40.7 Å². The van der Waals surface area contributed by atoms with E-state index in [2.05, 4.69) is 20.4 Å². The molecule has 0 saturated heterocycles. The van der Waals surface area contributed by atoms with Crippen LogP contribution in [0.5, 0.6) is 0 Å². The molecule has 0 unspecified atom stereocenters. The molecule has 1 aromatic heterocycles. The number of methoxy groups -OCH3 is 1. The summed E-state index contributed by atoms with van der Waals surface area (Å²) in [4.78, 5) is 27.9. The van der Waals surface area contributed by atoms with Crippen molar-refractivity contribution in [1.29, 1.82) is 0 Å². The van der Waals surface area contributed by atoms with Gasteiger partial charge in [0.2, 0.25) is 0 Å². The first-order valence-electron chi connectivity index (χ1n) is 8.15. The molecule has 0 aliphatic carbocycles. The molecular formula is C20H15ClFN3O3. The fourth-order valence-electron chi connectivity index (χ4n) is 2.41. The van der Waals surface area contributed by atoms with E-state index in [-0.39, 0.29) is 10.6 Å². The number of hydrogen-bond donors (Lipinski definition) is 2. The maximum absolute atomic E-state index is 13.8. The molecule has 1 amide bonds. The van der Waals surface area contributed by atoms with Crippen LogP contribution in [0.25, 0.3) is 0 Å². The van der Waals surface area contributed by atoms with Crippen molar-refractivity contribution in [2.24, 2.45) is 0 Å². The zero-order chi connectivity index (χ0) is 20.1. The van der Waals surface area contributed by atoms with Crippen LogP contribution >= 0.6 is 11.6 Å². The monoisotopic (exact) mass is 399 g/mol. The first-order chi connectivity index (χ1) is 13.5. The highest BCUT2D eigenvalue weighted by Gasteiger charge is 2.16. The van der Waals surface area contributed by atoms with Gasteiger partial charge in [-0.15, -0.1) is 0 Å². The Hall–Kier alpha value is -3.45. The van der Waals surface area contributed by atoms with Crippen molar-refractivity contribution < 1.29 is 18.7 Å². The highest BCUT2D eigenvalue weighted by atomic mass is 35.5. The lowest BCUT2D eigenvalue weighted by atomic mass is 10.2. The van der Waals surface area contributed by atoms with E-state index in [1.165, 1.54) is 25.4 Å². The number of anilines is 3. The van der Waals surface area contributed by atoms with Gasteiger partial charge in [-0.25, -0.2) is 14.2 Å². The van der Waals surface area contributed by atoms with Crippen LogP contribution in [0.2, 0.25) is 5.02 Å². The Balaban J connectivity index is 1.66. The van der Waals surface area contributed by atoms with Gasteiger partial charge in [-0.2, -0.15) is 0 Å². The zero-order valence-electron chi connectivity index (χ0n) is 14.7. The number of halogens is 2. The first-order valence-corrected chi connectivity index (χ1v) is 8.52. The van der Waals surface area contributed by atoms with Crippen molar-refractivity contribution in [3.8, 4) is 0 Å². The number of aromatic nitrogens is 1. The molecule has 142 valence electrons. The molecule has 0 bridgehead atoms. The van der Waals surface area contributed by atoms with E-state index in [4.69, 9.17) is 11.6 Å².